The topological polar surface area (TPSA) is 21.7 Å². The minimum absolute atomic E-state index is 0.239. The molecule has 0 amide bonds. The van der Waals surface area contributed by atoms with Crippen molar-refractivity contribution in [1.29, 1.82) is 0 Å². The van der Waals surface area contributed by atoms with Crippen LogP contribution in [0.3, 0.4) is 0 Å². The van der Waals surface area contributed by atoms with Crippen molar-refractivity contribution < 1.29 is 9.47 Å². The molecule has 3 heterocycles. The van der Waals surface area contributed by atoms with Gasteiger partial charge in [-0.2, -0.15) is 0 Å². The van der Waals surface area contributed by atoms with E-state index in [0.29, 0.717) is 6.10 Å². The van der Waals surface area contributed by atoms with Crippen molar-refractivity contribution >= 4 is 11.3 Å². The minimum Gasteiger partial charge on any atom is -0.380 e. The van der Waals surface area contributed by atoms with Gasteiger partial charge in [0.05, 0.1) is 12.7 Å². The molecule has 0 radical (unpaired) electrons. The molecule has 3 nitrogen and oxygen atoms in total. The molecule has 0 bridgehead atoms. The van der Waals surface area contributed by atoms with Crippen LogP contribution in [0.15, 0.2) is 17.5 Å². The number of hydrogen-bond acceptors (Lipinski definition) is 4. The SMILES string of the molecule is c1csc(CN2CC[C@H]3OCCC[C@@]3(COCC3CC3)C2)c1. The van der Waals surface area contributed by atoms with Gasteiger partial charge >= 0.3 is 0 Å². The second kappa shape index (κ2) is 6.60. The van der Waals surface area contributed by atoms with E-state index in [1.54, 1.807) is 0 Å². The second-order valence-electron chi connectivity index (χ2n) is 7.36. The summed E-state index contributed by atoms with van der Waals surface area (Å²) in [5, 5.41) is 2.18. The highest BCUT2D eigenvalue weighted by Gasteiger charge is 2.46. The monoisotopic (exact) mass is 321 g/mol. The lowest BCUT2D eigenvalue weighted by Crippen LogP contribution is -2.56. The lowest BCUT2D eigenvalue weighted by molar-refractivity contribution is -0.154. The van der Waals surface area contributed by atoms with E-state index in [1.807, 2.05) is 11.3 Å². The maximum absolute atomic E-state index is 6.14. The number of ether oxygens (including phenoxy) is 2. The van der Waals surface area contributed by atoms with Gasteiger partial charge in [0.15, 0.2) is 0 Å². The Kier molecular flexibility index (Phi) is 4.54. The number of rotatable bonds is 6. The summed E-state index contributed by atoms with van der Waals surface area (Å²) in [5.41, 5.74) is 0.239. The quantitative estimate of drug-likeness (QED) is 0.800. The summed E-state index contributed by atoms with van der Waals surface area (Å²) in [7, 11) is 0. The lowest BCUT2D eigenvalue weighted by atomic mass is 9.73. The molecule has 0 spiro atoms. The maximum atomic E-state index is 6.14. The van der Waals surface area contributed by atoms with Gasteiger partial charge in [0, 0.05) is 43.1 Å². The molecule has 1 aromatic rings. The molecule has 0 unspecified atom stereocenters. The van der Waals surface area contributed by atoms with E-state index in [9.17, 15) is 0 Å². The van der Waals surface area contributed by atoms with Crippen LogP contribution >= 0.6 is 11.3 Å². The van der Waals surface area contributed by atoms with Crippen LogP contribution in [0, 0.1) is 11.3 Å². The number of likely N-dealkylation sites (tertiary alicyclic amines) is 1. The Balaban J connectivity index is 1.40. The first kappa shape index (κ1) is 15.1. The molecule has 0 N–H and O–H groups in total. The first-order chi connectivity index (χ1) is 10.8. The van der Waals surface area contributed by atoms with Gasteiger partial charge < -0.3 is 9.47 Å². The zero-order valence-electron chi connectivity index (χ0n) is 13.3. The second-order valence-corrected chi connectivity index (χ2v) is 8.39. The van der Waals surface area contributed by atoms with Gasteiger partial charge in [-0.3, -0.25) is 4.90 Å². The number of piperidine rings is 1. The standard InChI is InChI=1S/C18H27NO2S/c1-3-16(22-10-1)11-19-8-6-17-18(13-19,7-2-9-21-17)14-20-12-15-4-5-15/h1,3,10,15,17H,2,4-9,11-14H2/t17-,18+/m1/s1. The molecule has 2 atom stereocenters. The largest absolute Gasteiger partial charge is 0.380 e. The van der Waals surface area contributed by atoms with Crippen LogP contribution in [0.4, 0.5) is 0 Å². The molecule has 4 rings (SSSR count). The van der Waals surface area contributed by atoms with E-state index in [2.05, 4.69) is 22.4 Å². The molecule has 2 saturated heterocycles. The predicted octanol–water partition coefficient (Wildman–Crippen LogP) is 3.55. The van der Waals surface area contributed by atoms with E-state index in [1.165, 1.54) is 30.6 Å². The van der Waals surface area contributed by atoms with Crippen LogP contribution in [-0.4, -0.2) is 43.9 Å². The van der Waals surface area contributed by atoms with E-state index in [4.69, 9.17) is 9.47 Å². The Morgan fingerprint density at radius 3 is 3.14 bits per heavy atom. The summed E-state index contributed by atoms with van der Waals surface area (Å²) in [6.07, 6.45) is 6.78. The van der Waals surface area contributed by atoms with Crippen molar-refractivity contribution in [3.05, 3.63) is 22.4 Å². The van der Waals surface area contributed by atoms with Crippen LogP contribution in [0.5, 0.6) is 0 Å². The van der Waals surface area contributed by atoms with Crippen molar-refractivity contribution in [3.63, 3.8) is 0 Å². The normalized spacial score (nSPS) is 32.8. The fraction of sp³-hybridized carbons (Fsp3) is 0.778. The van der Waals surface area contributed by atoms with Crippen LogP contribution in [-0.2, 0) is 16.0 Å². The molecule has 3 fully saturated rings. The van der Waals surface area contributed by atoms with Gasteiger partial charge in [-0.05, 0) is 49.5 Å². The van der Waals surface area contributed by atoms with Gasteiger partial charge in [-0.15, -0.1) is 11.3 Å². The summed E-state index contributed by atoms with van der Waals surface area (Å²) >= 11 is 1.87. The van der Waals surface area contributed by atoms with E-state index in [0.717, 1.165) is 51.8 Å². The Labute approximate surface area is 137 Å². The number of thiophene rings is 1. The molecule has 22 heavy (non-hydrogen) atoms. The first-order valence-electron chi connectivity index (χ1n) is 8.78. The maximum Gasteiger partial charge on any atom is 0.0677 e. The van der Waals surface area contributed by atoms with Crippen molar-refractivity contribution in [2.75, 3.05) is 32.9 Å². The average Bonchev–Trinajstić information content (AvgIpc) is 3.22. The fourth-order valence-electron chi connectivity index (χ4n) is 4.06. The molecular weight excluding hydrogens is 294 g/mol. The van der Waals surface area contributed by atoms with Crippen LogP contribution < -0.4 is 0 Å². The molecule has 122 valence electrons. The molecule has 1 aliphatic carbocycles. The van der Waals surface area contributed by atoms with E-state index >= 15 is 0 Å². The van der Waals surface area contributed by atoms with Crippen LogP contribution in [0.25, 0.3) is 0 Å². The Morgan fingerprint density at radius 2 is 2.32 bits per heavy atom. The number of hydrogen-bond donors (Lipinski definition) is 0. The molecule has 4 heteroatoms. The minimum atomic E-state index is 0.239. The van der Waals surface area contributed by atoms with Crippen molar-refractivity contribution in [2.24, 2.45) is 11.3 Å². The van der Waals surface area contributed by atoms with Gasteiger partial charge in [-0.25, -0.2) is 0 Å². The molecule has 2 aliphatic heterocycles. The molecule has 0 aromatic carbocycles. The van der Waals surface area contributed by atoms with Gasteiger partial charge in [0.25, 0.3) is 0 Å². The Hall–Kier alpha value is -0.420. The fourth-order valence-corrected chi connectivity index (χ4v) is 4.81. The highest BCUT2D eigenvalue weighted by molar-refractivity contribution is 7.09. The lowest BCUT2D eigenvalue weighted by Gasteiger charge is -2.50. The average molecular weight is 321 g/mol. The van der Waals surface area contributed by atoms with Crippen LogP contribution in [0.2, 0.25) is 0 Å². The number of fused-ring (bicyclic) bond motifs is 1. The van der Waals surface area contributed by atoms with Gasteiger partial charge in [0.2, 0.25) is 0 Å². The first-order valence-corrected chi connectivity index (χ1v) is 9.66. The van der Waals surface area contributed by atoms with Crippen molar-refractivity contribution in [1.82, 2.24) is 4.90 Å². The summed E-state index contributed by atoms with van der Waals surface area (Å²) in [5.74, 6) is 0.852. The molecular formula is C18H27NO2S. The predicted molar refractivity (Wildman–Crippen MR) is 89.2 cm³/mol. The highest BCUT2D eigenvalue weighted by Crippen LogP contribution is 2.41. The van der Waals surface area contributed by atoms with E-state index in [-0.39, 0.29) is 5.41 Å². The molecule has 3 aliphatic rings. The number of nitrogens with zero attached hydrogens (tertiary/aromatic N) is 1. The summed E-state index contributed by atoms with van der Waals surface area (Å²) in [6.45, 7) is 6.20. The third-order valence-electron chi connectivity index (χ3n) is 5.47. The zero-order valence-corrected chi connectivity index (χ0v) is 14.2. The summed E-state index contributed by atoms with van der Waals surface area (Å²) < 4.78 is 12.3. The third-order valence-corrected chi connectivity index (χ3v) is 6.33. The Morgan fingerprint density at radius 1 is 1.36 bits per heavy atom. The Bertz CT molecular complexity index is 473. The third kappa shape index (κ3) is 3.40. The van der Waals surface area contributed by atoms with Crippen LogP contribution in [0.1, 0.15) is 37.0 Å². The highest BCUT2D eigenvalue weighted by atomic mass is 32.1. The molecule has 1 saturated carbocycles. The summed E-state index contributed by atoms with van der Waals surface area (Å²) in [4.78, 5) is 4.10. The summed E-state index contributed by atoms with van der Waals surface area (Å²) in [6, 6.07) is 4.41. The zero-order chi connectivity index (χ0) is 14.8. The van der Waals surface area contributed by atoms with Crippen molar-refractivity contribution in [3.8, 4) is 0 Å². The van der Waals surface area contributed by atoms with E-state index < -0.39 is 0 Å². The van der Waals surface area contributed by atoms with Gasteiger partial charge in [0.1, 0.15) is 0 Å². The van der Waals surface area contributed by atoms with Gasteiger partial charge in [-0.1, -0.05) is 6.07 Å². The molecule has 1 aromatic heterocycles. The smallest absolute Gasteiger partial charge is 0.0677 e. The van der Waals surface area contributed by atoms with Crippen molar-refractivity contribution in [2.45, 2.75) is 44.8 Å².